The number of hydrogen-bond acceptors (Lipinski definition) is 3. The van der Waals surface area contributed by atoms with Gasteiger partial charge in [-0.1, -0.05) is 25.1 Å². The Hall–Kier alpha value is -1.59. The van der Waals surface area contributed by atoms with Crippen LogP contribution in [0.15, 0.2) is 30.3 Å². The van der Waals surface area contributed by atoms with E-state index in [-0.39, 0.29) is 12.6 Å². The maximum atomic E-state index is 11.6. The molecule has 20 heavy (non-hydrogen) atoms. The predicted octanol–water partition coefficient (Wildman–Crippen LogP) is 2.64. The van der Waals surface area contributed by atoms with Crippen molar-refractivity contribution in [3.8, 4) is 0 Å². The molecule has 3 atom stereocenters. The van der Waals surface area contributed by atoms with E-state index in [0.29, 0.717) is 12.0 Å². The lowest BCUT2D eigenvalue weighted by Gasteiger charge is -2.11. The van der Waals surface area contributed by atoms with Gasteiger partial charge in [-0.15, -0.1) is 11.3 Å². The molecule has 5 heteroatoms. The fraction of sp³-hybridized carbons (Fsp3) is 0.400. The topological polar surface area (TPSA) is 61.4 Å². The molecule has 2 amide bonds. The average Bonchev–Trinajstić information content (AvgIpc) is 2.96. The minimum Gasteiger partial charge on any atom is -0.386 e. The van der Waals surface area contributed by atoms with Crippen molar-refractivity contribution in [3.05, 3.63) is 35.2 Å². The fourth-order valence-corrected chi connectivity index (χ4v) is 3.25. The highest BCUT2D eigenvalue weighted by Crippen LogP contribution is 2.30. The van der Waals surface area contributed by atoms with Crippen LogP contribution in [0.3, 0.4) is 0 Å². The highest BCUT2D eigenvalue weighted by atomic mass is 32.1. The lowest BCUT2D eigenvalue weighted by Crippen LogP contribution is -2.39. The average molecular weight is 290 g/mol. The van der Waals surface area contributed by atoms with Crippen LogP contribution in [0.5, 0.6) is 0 Å². The van der Waals surface area contributed by atoms with E-state index in [1.165, 1.54) is 0 Å². The molecule has 1 heterocycles. The summed E-state index contributed by atoms with van der Waals surface area (Å²) >= 11 is 1.56. The molecule has 3 rings (SSSR count). The van der Waals surface area contributed by atoms with E-state index >= 15 is 0 Å². The number of urea groups is 1. The van der Waals surface area contributed by atoms with E-state index in [0.717, 1.165) is 21.4 Å². The third kappa shape index (κ3) is 2.94. The van der Waals surface area contributed by atoms with Gasteiger partial charge in [-0.25, -0.2) is 4.79 Å². The highest BCUT2D eigenvalue weighted by Gasteiger charge is 2.33. The standard InChI is InChI=1S/C15H18N2O2S/c1-9-6-11(9)17-15(19)16-8-12(18)14-7-10-4-2-3-5-13(10)20-14/h2-5,7,9,11-12,18H,6,8H2,1H3,(H2,16,17,19). The molecule has 4 nitrogen and oxygen atoms in total. The Morgan fingerprint density at radius 1 is 1.50 bits per heavy atom. The summed E-state index contributed by atoms with van der Waals surface area (Å²) in [5, 5.41) is 16.9. The number of rotatable bonds is 4. The van der Waals surface area contributed by atoms with E-state index in [9.17, 15) is 9.90 Å². The molecule has 2 aromatic rings. The van der Waals surface area contributed by atoms with E-state index in [1.54, 1.807) is 11.3 Å². The Bertz CT molecular complexity index is 592. The van der Waals surface area contributed by atoms with Crippen LogP contribution in [0.2, 0.25) is 0 Å². The summed E-state index contributed by atoms with van der Waals surface area (Å²) in [6.07, 6.45) is 0.390. The maximum Gasteiger partial charge on any atom is 0.315 e. The highest BCUT2D eigenvalue weighted by molar-refractivity contribution is 7.19. The van der Waals surface area contributed by atoms with Crippen molar-refractivity contribution in [2.75, 3.05) is 6.54 Å². The van der Waals surface area contributed by atoms with Crippen molar-refractivity contribution < 1.29 is 9.90 Å². The Morgan fingerprint density at radius 3 is 2.95 bits per heavy atom. The number of benzene rings is 1. The Morgan fingerprint density at radius 2 is 2.25 bits per heavy atom. The smallest absolute Gasteiger partial charge is 0.315 e. The molecule has 0 bridgehead atoms. The van der Waals surface area contributed by atoms with Crippen LogP contribution < -0.4 is 10.6 Å². The Kier molecular flexibility index (Phi) is 3.63. The van der Waals surface area contributed by atoms with Crippen molar-refractivity contribution in [2.24, 2.45) is 5.92 Å². The molecular weight excluding hydrogens is 272 g/mol. The molecule has 1 aliphatic rings. The molecule has 0 spiro atoms. The number of nitrogens with one attached hydrogen (secondary N) is 2. The van der Waals surface area contributed by atoms with Crippen LogP contribution in [0.4, 0.5) is 4.79 Å². The van der Waals surface area contributed by atoms with Crippen LogP contribution in [0.25, 0.3) is 10.1 Å². The molecule has 0 radical (unpaired) electrons. The molecule has 1 fully saturated rings. The summed E-state index contributed by atoms with van der Waals surface area (Å²) in [6, 6.07) is 10.1. The lowest BCUT2D eigenvalue weighted by atomic mass is 10.2. The molecule has 3 unspecified atom stereocenters. The summed E-state index contributed by atoms with van der Waals surface area (Å²) in [4.78, 5) is 12.5. The van der Waals surface area contributed by atoms with E-state index in [1.807, 2.05) is 30.3 Å². The molecule has 1 saturated carbocycles. The summed E-state index contributed by atoms with van der Waals surface area (Å²) in [6.45, 7) is 2.34. The maximum absolute atomic E-state index is 11.6. The first-order valence-electron chi connectivity index (χ1n) is 6.84. The van der Waals surface area contributed by atoms with Gasteiger partial charge in [0.05, 0.1) is 6.54 Å². The van der Waals surface area contributed by atoms with Crippen LogP contribution in [-0.2, 0) is 0 Å². The number of aliphatic hydroxyl groups excluding tert-OH is 1. The first kappa shape index (κ1) is 13.4. The van der Waals surface area contributed by atoms with E-state index in [2.05, 4.69) is 17.6 Å². The number of carbonyl (C=O) groups excluding carboxylic acids is 1. The van der Waals surface area contributed by atoms with Crippen molar-refractivity contribution in [1.29, 1.82) is 0 Å². The van der Waals surface area contributed by atoms with Gasteiger partial charge in [0, 0.05) is 15.6 Å². The monoisotopic (exact) mass is 290 g/mol. The second-order valence-corrected chi connectivity index (χ2v) is 6.49. The number of hydrogen-bond donors (Lipinski definition) is 3. The van der Waals surface area contributed by atoms with Gasteiger partial charge in [0.2, 0.25) is 0 Å². The van der Waals surface area contributed by atoms with Gasteiger partial charge in [0.15, 0.2) is 0 Å². The van der Waals surface area contributed by atoms with Crippen LogP contribution in [0.1, 0.15) is 24.3 Å². The van der Waals surface area contributed by atoms with Crippen LogP contribution in [-0.4, -0.2) is 23.7 Å². The number of fused-ring (bicyclic) bond motifs is 1. The largest absolute Gasteiger partial charge is 0.386 e. The molecule has 106 valence electrons. The SMILES string of the molecule is CC1CC1NC(=O)NCC(O)c1cc2ccccc2s1. The zero-order chi connectivity index (χ0) is 14.1. The quantitative estimate of drug-likeness (QED) is 0.810. The Balaban J connectivity index is 1.55. The lowest BCUT2D eigenvalue weighted by molar-refractivity contribution is 0.176. The van der Waals surface area contributed by atoms with E-state index in [4.69, 9.17) is 0 Å². The van der Waals surface area contributed by atoms with Crippen LogP contribution in [0, 0.1) is 5.92 Å². The zero-order valence-electron chi connectivity index (χ0n) is 11.3. The second-order valence-electron chi connectivity index (χ2n) is 5.38. The third-order valence-electron chi connectivity index (χ3n) is 3.65. The predicted molar refractivity (Wildman–Crippen MR) is 80.9 cm³/mol. The molecule has 0 aliphatic heterocycles. The van der Waals surface area contributed by atoms with Gasteiger partial charge >= 0.3 is 6.03 Å². The number of amides is 2. The summed E-state index contributed by atoms with van der Waals surface area (Å²) < 4.78 is 1.15. The summed E-state index contributed by atoms with van der Waals surface area (Å²) in [5.74, 6) is 0.577. The van der Waals surface area contributed by atoms with Gasteiger partial charge in [0.1, 0.15) is 6.10 Å². The molecule has 1 aromatic heterocycles. The minimum atomic E-state index is -0.658. The van der Waals surface area contributed by atoms with Crippen molar-refractivity contribution in [3.63, 3.8) is 0 Å². The van der Waals surface area contributed by atoms with Crippen molar-refractivity contribution >= 4 is 27.5 Å². The number of thiophene rings is 1. The zero-order valence-corrected chi connectivity index (χ0v) is 12.1. The normalized spacial score (nSPS) is 22.5. The molecule has 0 saturated heterocycles. The molecule has 1 aromatic carbocycles. The van der Waals surface area contributed by atoms with Crippen LogP contribution >= 0.6 is 11.3 Å². The Labute approximate surface area is 121 Å². The van der Waals surface area contributed by atoms with Crippen molar-refractivity contribution in [2.45, 2.75) is 25.5 Å². The third-order valence-corrected chi connectivity index (χ3v) is 4.87. The molecule has 1 aliphatic carbocycles. The minimum absolute atomic E-state index is 0.195. The number of carbonyl (C=O) groups is 1. The molecular formula is C15H18N2O2S. The summed E-state index contributed by atoms with van der Waals surface area (Å²) in [7, 11) is 0. The second kappa shape index (κ2) is 5.42. The van der Waals surface area contributed by atoms with Gasteiger partial charge in [0.25, 0.3) is 0 Å². The van der Waals surface area contributed by atoms with E-state index < -0.39 is 6.10 Å². The fourth-order valence-electron chi connectivity index (χ4n) is 2.20. The van der Waals surface area contributed by atoms with Gasteiger partial charge in [-0.3, -0.25) is 0 Å². The van der Waals surface area contributed by atoms with Gasteiger partial charge < -0.3 is 15.7 Å². The molecule has 3 N–H and O–H groups in total. The number of aliphatic hydroxyl groups is 1. The van der Waals surface area contributed by atoms with Crippen molar-refractivity contribution in [1.82, 2.24) is 10.6 Å². The summed E-state index contributed by atoms with van der Waals surface area (Å²) in [5.41, 5.74) is 0. The first-order valence-corrected chi connectivity index (χ1v) is 7.66. The van der Waals surface area contributed by atoms with Gasteiger partial charge in [-0.05, 0) is 29.9 Å². The first-order chi connectivity index (χ1) is 9.63. The van der Waals surface area contributed by atoms with Gasteiger partial charge in [-0.2, -0.15) is 0 Å².